The summed E-state index contributed by atoms with van der Waals surface area (Å²) in [6.07, 6.45) is 1.58. The number of fused-ring (bicyclic) bond motifs is 3. The average molecular weight is 507 g/mol. The first-order valence-corrected chi connectivity index (χ1v) is 11.2. The largest absolute Gasteiger partial charge is 0.478 e. The van der Waals surface area contributed by atoms with Crippen LogP contribution in [-0.4, -0.2) is 17.4 Å². The van der Waals surface area contributed by atoms with E-state index in [4.69, 9.17) is 55.9 Å². The second-order valence-corrected chi connectivity index (χ2v) is 9.13. The molecule has 0 saturated heterocycles. The summed E-state index contributed by atoms with van der Waals surface area (Å²) in [6, 6.07) is 14.2. The molecule has 0 amide bonds. The molecule has 5 rings (SSSR count). The second-order valence-electron chi connectivity index (χ2n) is 7.50. The predicted molar refractivity (Wildman–Crippen MR) is 127 cm³/mol. The Morgan fingerprint density at radius 1 is 0.938 bits per heavy atom. The maximum Gasteiger partial charge on any atom is 0.231 e. The Morgan fingerprint density at radius 3 is 2.47 bits per heavy atom. The van der Waals surface area contributed by atoms with Gasteiger partial charge in [-0.15, -0.1) is 0 Å². The molecule has 3 aromatic carbocycles. The van der Waals surface area contributed by atoms with Crippen molar-refractivity contribution in [2.45, 2.75) is 13.1 Å². The van der Waals surface area contributed by atoms with Crippen molar-refractivity contribution in [2.75, 3.05) is 6.73 Å². The van der Waals surface area contributed by atoms with Gasteiger partial charge < -0.3 is 9.47 Å². The van der Waals surface area contributed by atoms with Crippen molar-refractivity contribution in [1.29, 1.82) is 0 Å². The van der Waals surface area contributed by atoms with E-state index in [2.05, 4.69) is 4.90 Å². The fourth-order valence-electron chi connectivity index (χ4n) is 3.78. The van der Waals surface area contributed by atoms with Gasteiger partial charge >= 0.3 is 0 Å². The number of ether oxygens (including phenoxy) is 2. The molecule has 2 aliphatic heterocycles. The van der Waals surface area contributed by atoms with Gasteiger partial charge in [0.25, 0.3) is 0 Å². The third-order valence-corrected chi connectivity index (χ3v) is 6.75. The molecule has 0 saturated carbocycles. The van der Waals surface area contributed by atoms with Gasteiger partial charge in [-0.25, -0.2) is 0 Å². The number of Topliss-reactive ketones (excluding diaryl/α,β-unsaturated/α-hetero) is 1. The van der Waals surface area contributed by atoms with Crippen molar-refractivity contribution in [3.8, 4) is 11.5 Å². The SMILES string of the molecule is O=C1/C(=C/c2c(Cl)cccc2Cl)Oc2c1ccc1c2CN(Cc2ccc(Cl)c(Cl)c2)CO1. The van der Waals surface area contributed by atoms with Crippen LogP contribution in [0.2, 0.25) is 20.1 Å². The van der Waals surface area contributed by atoms with E-state index in [-0.39, 0.29) is 11.5 Å². The van der Waals surface area contributed by atoms with E-state index in [1.807, 2.05) is 12.1 Å². The highest BCUT2D eigenvalue weighted by atomic mass is 35.5. The minimum absolute atomic E-state index is 0.171. The summed E-state index contributed by atoms with van der Waals surface area (Å²) in [5.74, 6) is 1.14. The summed E-state index contributed by atoms with van der Waals surface area (Å²) in [5, 5.41) is 1.90. The summed E-state index contributed by atoms with van der Waals surface area (Å²) in [6.45, 7) is 1.55. The molecule has 0 aromatic heterocycles. The number of hydrogen-bond donors (Lipinski definition) is 0. The van der Waals surface area contributed by atoms with Crippen LogP contribution in [0.15, 0.2) is 54.3 Å². The summed E-state index contributed by atoms with van der Waals surface area (Å²) in [5.41, 5.74) is 2.84. The lowest BCUT2D eigenvalue weighted by molar-refractivity contribution is 0.0873. The highest BCUT2D eigenvalue weighted by Gasteiger charge is 2.34. The van der Waals surface area contributed by atoms with Crippen molar-refractivity contribution in [2.24, 2.45) is 0 Å². The first-order chi connectivity index (χ1) is 15.4. The Hall–Kier alpha value is -2.21. The summed E-state index contributed by atoms with van der Waals surface area (Å²) in [4.78, 5) is 15.1. The molecule has 0 radical (unpaired) electrons. The van der Waals surface area contributed by atoms with Crippen LogP contribution in [0.1, 0.15) is 27.0 Å². The molecule has 2 heterocycles. The molecule has 4 nitrogen and oxygen atoms in total. The number of hydrogen-bond acceptors (Lipinski definition) is 4. The van der Waals surface area contributed by atoms with E-state index >= 15 is 0 Å². The number of halogens is 4. The molecule has 3 aromatic rings. The molecule has 2 aliphatic rings. The van der Waals surface area contributed by atoms with E-state index in [0.717, 1.165) is 11.1 Å². The van der Waals surface area contributed by atoms with Gasteiger partial charge in [0.15, 0.2) is 5.76 Å². The predicted octanol–water partition coefficient (Wildman–Crippen LogP) is 7.27. The summed E-state index contributed by atoms with van der Waals surface area (Å²) in [7, 11) is 0. The molecule has 162 valence electrons. The van der Waals surface area contributed by atoms with Gasteiger partial charge in [-0.1, -0.05) is 58.5 Å². The number of carbonyl (C=O) groups is 1. The number of nitrogens with zero attached hydrogens (tertiary/aromatic N) is 1. The number of ketones is 1. The molecule has 0 spiro atoms. The van der Waals surface area contributed by atoms with Crippen molar-refractivity contribution in [1.82, 2.24) is 4.90 Å². The fourth-order valence-corrected chi connectivity index (χ4v) is 4.61. The Labute approximate surface area is 204 Å². The van der Waals surface area contributed by atoms with Crippen molar-refractivity contribution in [3.05, 3.63) is 96.6 Å². The smallest absolute Gasteiger partial charge is 0.231 e. The van der Waals surface area contributed by atoms with Gasteiger partial charge in [-0.2, -0.15) is 0 Å². The molecule has 0 aliphatic carbocycles. The Morgan fingerprint density at radius 2 is 1.72 bits per heavy atom. The quantitative estimate of drug-likeness (QED) is 0.350. The maximum absolute atomic E-state index is 13.0. The molecule has 0 atom stereocenters. The summed E-state index contributed by atoms with van der Waals surface area (Å²) < 4.78 is 11.9. The Kier molecular flexibility index (Phi) is 5.82. The first-order valence-electron chi connectivity index (χ1n) is 9.74. The van der Waals surface area contributed by atoms with Gasteiger partial charge in [0.05, 0.1) is 21.2 Å². The van der Waals surface area contributed by atoms with E-state index in [0.29, 0.717) is 62.5 Å². The van der Waals surface area contributed by atoms with Crippen LogP contribution in [0, 0.1) is 0 Å². The molecule has 0 N–H and O–H groups in total. The number of rotatable bonds is 3. The van der Waals surface area contributed by atoms with Crippen molar-refractivity contribution in [3.63, 3.8) is 0 Å². The lowest BCUT2D eigenvalue weighted by atomic mass is 10.0. The zero-order valence-corrected chi connectivity index (χ0v) is 19.5. The highest BCUT2D eigenvalue weighted by molar-refractivity contribution is 6.42. The zero-order valence-electron chi connectivity index (χ0n) is 16.5. The second kappa shape index (κ2) is 8.62. The maximum atomic E-state index is 13.0. The molecular weight excluding hydrogens is 492 g/mol. The van der Waals surface area contributed by atoms with Crippen molar-refractivity contribution < 1.29 is 14.3 Å². The van der Waals surface area contributed by atoms with Crippen LogP contribution < -0.4 is 9.47 Å². The van der Waals surface area contributed by atoms with E-state index < -0.39 is 0 Å². The van der Waals surface area contributed by atoms with Gasteiger partial charge in [-0.05, 0) is 48.0 Å². The highest BCUT2D eigenvalue weighted by Crippen LogP contribution is 2.43. The van der Waals surface area contributed by atoms with Crippen LogP contribution in [0.3, 0.4) is 0 Å². The van der Waals surface area contributed by atoms with Gasteiger partial charge in [-0.3, -0.25) is 9.69 Å². The monoisotopic (exact) mass is 505 g/mol. The molecule has 32 heavy (non-hydrogen) atoms. The standard InChI is InChI=1S/C24H15Cl4NO3/c25-17-2-1-3-18(26)15(17)9-22-23(30)14-5-7-21-16(24(14)32-22)11-29(12-31-21)10-13-4-6-19(27)20(28)8-13/h1-9H,10-12H2/b22-9-. The molecule has 8 heteroatoms. The van der Waals surface area contributed by atoms with Crippen molar-refractivity contribution >= 4 is 58.3 Å². The Bertz CT molecular complexity index is 1270. The topological polar surface area (TPSA) is 38.8 Å². The molecular formula is C24H15Cl4NO3. The van der Waals surface area contributed by atoms with Crippen LogP contribution in [0.25, 0.3) is 6.08 Å². The van der Waals surface area contributed by atoms with Crippen LogP contribution in [0.5, 0.6) is 11.5 Å². The van der Waals surface area contributed by atoms with E-state index in [1.165, 1.54) is 0 Å². The third-order valence-electron chi connectivity index (χ3n) is 5.35. The zero-order chi connectivity index (χ0) is 22.4. The van der Waals surface area contributed by atoms with Gasteiger partial charge in [0.1, 0.15) is 18.2 Å². The fraction of sp³-hybridized carbons (Fsp3) is 0.125. The van der Waals surface area contributed by atoms with Gasteiger partial charge in [0, 0.05) is 28.7 Å². The van der Waals surface area contributed by atoms with E-state index in [9.17, 15) is 4.79 Å². The first kappa shape index (κ1) is 21.6. The minimum atomic E-state index is -0.222. The lowest BCUT2D eigenvalue weighted by Gasteiger charge is -2.29. The van der Waals surface area contributed by atoms with Crippen LogP contribution >= 0.6 is 46.4 Å². The molecule has 0 unspecified atom stereocenters. The molecule has 0 fully saturated rings. The van der Waals surface area contributed by atoms with Gasteiger partial charge in [0.2, 0.25) is 5.78 Å². The lowest BCUT2D eigenvalue weighted by Crippen LogP contribution is -2.31. The average Bonchev–Trinajstić information content (AvgIpc) is 3.09. The molecule has 0 bridgehead atoms. The Balaban J connectivity index is 1.44. The number of allylic oxidation sites excluding steroid dienone is 1. The number of carbonyl (C=O) groups excluding carboxylic acids is 1. The minimum Gasteiger partial charge on any atom is -0.478 e. The number of benzene rings is 3. The third kappa shape index (κ3) is 3.98. The van der Waals surface area contributed by atoms with E-state index in [1.54, 1.807) is 42.5 Å². The van der Waals surface area contributed by atoms with Crippen LogP contribution in [0.4, 0.5) is 0 Å². The van der Waals surface area contributed by atoms with Crippen LogP contribution in [-0.2, 0) is 13.1 Å². The summed E-state index contributed by atoms with van der Waals surface area (Å²) >= 11 is 24.7. The normalized spacial score (nSPS) is 16.5.